The van der Waals surface area contributed by atoms with Gasteiger partial charge in [0.25, 0.3) is 5.91 Å². The molecule has 1 amide bonds. The van der Waals surface area contributed by atoms with Crippen LogP contribution in [0.4, 0.5) is 21.6 Å². The van der Waals surface area contributed by atoms with E-state index in [0.717, 1.165) is 0 Å². The average Bonchev–Trinajstić information content (AvgIpc) is 2.68. The molecule has 0 aliphatic rings. The molecule has 0 saturated heterocycles. The predicted octanol–water partition coefficient (Wildman–Crippen LogP) is 4.23. The Kier molecular flexibility index (Phi) is 5.51. The molecule has 3 aromatic rings. The number of benzene rings is 2. The Bertz CT molecular complexity index is 963. The first-order valence-corrected chi connectivity index (χ1v) is 8.11. The van der Waals surface area contributed by atoms with Crippen LogP contribution in [0.5, 0.6) is 11.5 Å². The van der Waals surface area contributed by atoms with Crippen LogP contribution < -0.4 is 20.1 Å². The molecule has 0 aliphatic carbocycles. The molecule has 3 rings (SSSR count). The van der Waals surface area contributed by atoms with E-state index in [1.54, 1.807) is 50.6 Å². The number of hydrogen-bond acceptors (Lipinski definition) is 5. The zero-order valence-electron chi connectivity index (χ0n) is 14.8. The third-order valence-corrected chi connectivity index (χ3v) is 3.77. The summed E-state index contributed by atoms with van der Waals surface area (Å²) >= 11 is 0. The van der Waals surface area contributed by atoms with Gasteiger partial charge in [0.15, 0.2) is 0 Å². The number of carbonyl (C=O) groups is 1. The lowest BCUT2D eigenvalue weighted by Crippen LogP contribution is -2.12. The van der Waals surface area contributed by atoms with Crippen molar-refractivity contribution < 1.29 is 18.7 Å². The smallest absolute Gasteiger partial charge is 0.255 e. The molecule has 0 aliphatic heterocycles. The molecule has 0 bridgehead atoms. The SMILES string of the molecule is COc1ccc(OC)c(Nc2cc(C(=O)Nc3cccc(F)c3)ccn2)c1. The van der Waals surface area contributed by atoms with Gasteiger partial charge in [0.2, 0.25) is 0 Å². The third-order valence-electron chi connectivity index (χ3n) is 3.77. The highest BCUT2D eigenvalue weighted by Gasteiger charge is 2.10. The summed E-state index contributed by atoms with van der Waals surface area (Å²) < 4.78 is 23.8. The topological polar surface area (TPSA) is 72.5 Å². The quantitative estimate of drug-likeness (QED) is 0.682. The van der Waals surface area contributed by atoms with Crippen molar-refractivity contribution in [2.45, 2.75) is 0 Å². The van der Waals surface area contributed by atoms with Gasteiger partial charge in [-0.1, -0.05) is 6.07 Å². The summed E-state index contributed by atoms with van der Waals surface area (Å²) in [4.78, 5) is 16.6. The van der Waals surface area contributed by atoms with E-state index >= 15 is 0 Å². The van der Waals surface area contributed by atoms with Crippen LogP contribution in [-0.4, -0.2) is 25.1 Å². The van der Waals surface area contributed by atoms with Crippen molar-refractivity contribution in [3.8, 4) is 11.5 Å². The molecule has 0 atom stereocenters. The van der Waals surface area contributed by atoms with Crippen LogP contribution in [0, 0.1) is 5.82 Å². The first-order valence-electron chi connectivity index (χ1n) is 8.11. The number of amides is 1. The highest BCUT2D eigenvalue weighted by molar-refractivity contribution is 6.04. The fourth-order valence-electron chi connectivity index (χ4n) is 2.46. The Morgan fingerprint density at radius 3 is 2.63 bits per heavy atom. The molecule has 0 unspecified atom stereocenters. The normalized spacial score (nSPS) is 10.2. The van der Waals surface area contributed by atoms with Crippen LogP contribution in [0.3, 0.4) is 0 Å². The second-order valence-corrected chi connectivity index (χ2v) is 5.59. The molecular weight excluding hydrogens is 349 g/mol. The largest absolute Gasteiger partial charge is 0.497 e. The van der Waals surface area contributed by atoms with Gasteiger partial charge in [-0.15, -0.1) is 0 Å². The number of ether oxygens (including phenoxy) is 2. The van der Waals surface area contributed by atoms with Crippen molar-refractivity contribution in [1.29, 1.82) is 0 Å². The van der Waals surface area contributed by atoms with Crippen LogP contribution in [0.15, 0.2) is 60.8 Å². The van der Waals surface area contributed by atoms with Gasteiger partial charge >= 0.3 is 0 Å². The highest BCUT2D eigenvalue weighted by Crippen LogP contribution is 2.31. The van der Waals surface area contributed by atoms with Gasteiger partial charge in [-0.2, -0.15) is 0 Å². The van der Waals surface area contributed by atoms with E-state index in [4.69, 9.17) is 9.47 Å². The van der Waals surface area contributed by atoms with Crippen molar-refractivity contribution in [2.75, 3.05) is 24.9 Å². The summed E-state index contributed by atoms with van der Waals surface area (Å²) in [6.45, 7) is 0. The minimum atomic E-state index is -0.421. The molecule has 0 radical (unpaired) electrons. The predicted molar refractivity (Wildman–Crippen MR) is 101 cm³/mol. The number of nitrogens with zero attached hydrogens (tertiary/aromatic N) is 1. The Morgan fingerprint density at radius 2 is 1.89 bits per heavy atom. The fraction of sp³-hybridized carbons (Fsp3) is 0.100. The summed E-state index contributed by atoms with van der Waals surface area (Å²) in [6.07, 6.45) is 1.51. The van der Waals surface area contributed by atoms with Gasteiger partial charge < -0.3 is 20.1 Å². The standard InChI is InChI=1S/C20H18FN3O3/c1-26-16-6-7-18(27-2)17(12-16)24-19-10-13(8-9-22-19)20(25)23-15-5-3-4-14(21)11-15/h3-12H,1-2H3,(H,22,24)(H,23,25). The molecule has 1 aromatic heterocycles. The molecule has 0 fully saturated rings. The molecule has 0 saturated carbocycles. The summed E-state index contributed by atoms with van der Waals surface area (Å²) in [5, 5.41) is 5.76. The van der Waals surface area contributed by atoms with Crippen molar-refractivity contribution >= 4 is 23.1 Å². The Hall–Kier alpha value is -3.61. The number of anilines is 3. The summed E-state index contributed by atoms with van der Waals surface area (Å²) in [7, 11) is 3.13. The van der Waals surface area contributed by atoms with Gasteiger partial charge in [0, 0.05) is 23.5 Å². The first kappa shape index (κ1) is 18.2. The Morgan fingerprint density at radius 1 is 1.04 bits per heavy atom. The van der Waals surface area contributed by atoms with E-state index in [1.165, 1.54) is 24.4 Å². The molecule has 7 heteroatoms. The minimum Gasteiger partial charge on any atom is -0.497 e. The van der Waals surface area contributed by atoms with Crippen molar-refractivity contribution in [1.82, 2.24) is 4.98 Å². The number of pyridine rings is 1. The number of nitrogens with one attached hydrogen (secondary N) is 2. The average molecular weight is 367 g/mol. The highest BCUT2D eigenvalue weighted by atomic mass is 19.1. The van der Waals surface area contributed by atoms with Crippen LogP contribution in [0.2, 0.25) is 0 Å². The second-order valence-electron chi connectivity index (χ2n) is 5.59. The summed E-state index contributed by atoms with van der Waals surface area (Å²) in [5.74, 6) is 0.914. The van der Waals surface area contributed by atoms with E-state index in [9.17, 15) is 9.18 Å². The number of aromatic nitrogens is 1. The van der Waals surface area contributed by atoms with Gasteiger partial charge in [-0.3, -0.25) is 4.79 Å². The third kappa shape index (κ3) is 4.52. The molecule has 6 nitrogen and oxygen atoms in total. The van der Waals surface area contributed by atoms with Crippen molar-refractivity contribution in [3.05, 3.63) is 72.2 Å². The molecule has 138 valence electrons. The van der Waals surface area contributed by atoms with E-state index in [1.807, 2.05) is 0 Å². The van der Waals surface area contributed by atoms with E-state index < -0.39 is 5.82 Å². The van der Waals surface area contributed by atoms with E-state index in [-0.39, 0.29) is 5.91 Å². The van der Waals surface area contributed by atoms with Crippen LogP contribution >= 0.6 is 0 Å². The van der Waals surface area contributed by atoms with Gasteiger partial charge in [0.05, 0.1) is 19.9 Å². The number of methoxy groups -OCH3 is 2. The van der Waals surface area contributed by atoms with Crippen molar-refractivity contribution in [3.63, 3.8) is 0 Å². The van der Waals surface area contributed by atoms with Gasteiger partial charge in [-0.05, 0) is 42.5 Å². The van der Waals surface area contributed by atoms with Crippen molar-refractivity contribution in [2.24, 2.45) is 0 Å². The fourth-order valence-corrected chi connectivity index (χ4v) is 2.46. The second kappa shape index (κ2) is 8.18. The molecular formula is C20H18FN3O3. The molecule has 2 N–H and O–H groups in total. The number of halogens is 1. The maximum Gasteiger partial charge on any atom is 0.255 e. The maximum atomic E-state index is 13.3. The monoisotopic (exact) mass is 367 g/mol. The summed E-state index contributed by atoms with van der Waals surface area (Å²) in [6, 6.07) is 14.2. The van der Waals surface area contributed by atoms with Gasteiger partial charge in [-0.25, -0.2) is 9.37 Å². The van der Waals surface area contributed by atoms with Crippen LogP contribution in [-0.2, 0) is 0 Å². The zero-order valence-corrected chi connectivity index (χ0v) is 14.8. The minimum absolute atomic E-state index is 0.372. The molecule has 1 heterocycles. The van der Waals surface area contributed by atoms with E-state index in [2.05, 4.69) is 15.6 Å². The number of carbonyl (C=O) groups excluding carboxylic acids is 1. The van der Waals surface area contributed by atoms with Crippen LogP contribution in [0.1, 0.15) is 10.4 Å². The maximum absolute atomic E-state index is 13.3. The van der Waals surface area contributed by atoms with E-state index in [0.29, 0.717) is 34.3 Å². The number of rotatable bonds is 6. The lowest BCUT2D eigenvalue weighted by atomic mass is 10.2. The van der Waals surface area contributed by atoms with Gasteiger partial charge in [0.1, 0.15) is 23.1 Å². The lowest BCUT2D eigenvalue weighted by molar-refractivity contribution is 0.102. The molecule has 2 aromatic carbocycles. The summed E-state index contributed by atoms with van der Waals surface area (Å²) in [5.41, 5.74) is 1.39. The molecule has 27 heavy (non-hydrogen) atoms. The lowest BCUT2D eigenvalue weighted by Gasteiger charge is -2.13. The number of hydrogen-bond donors (Lipinski definition) is 2. The molecule has 0 spiro atoms. The first-order chi connectivity index (χ1) is 13.1. The Labute approximate surface area is 156 Å². The Balaban J connectivity index is 1.80. The zero-order chi connectivity index (χ0) is 19.2. The van der Waals surface area contributed by atoms with Crippen LogP contribution in [0.25, 0.3) is 0 Å².